The molecule has 1 N–H and O–H groups in total. The Hall–Kier alpha value is -1.22. The van der Waals surface area contributed by atoms with Crippen molar-refractivity contribution in [1.29, 1.82) is 0 Å². The number of aliphatic hydroxyl groups is 1. The van der Waals surface area contributed by atoms with Crippen LogP contribution in [-0.2, 0) is 0 Å². The maximum absolute atomic E-state index is 13.8. The van der Waals surface area contributed by atoms with Gasteiger partial charge in [0.25, 0.3) is 0 Å². The Balaban J connectivity index is 0.000000994. The van der Waals surface area contributed by atoms with E-state index in [0.29, 0.717) is 17.3 Å². The van der Waals surface area contributed by atoms with Gasteiger partial charge >= 0.3 is 0 Å². The lowest BCUT2D eigenvalue weighted by molar-refractivity contribution is -0.115. The van der Waals surface area contributed by atoms with E-state index >= 15 is 0 Å². The molecule has 0 amide bonds. The summed E-state index contributed by atoms with van der Waals surface area (Å²) in [6.07, 6.45) is 14.8. The van der Waals surface area contributed by atoms with E-state index in [0.717, 1.165) is 36.7 Å². The molecule has 0 spiro atoms. The Bertz CT molecular complexity index is 776. The summed E-state index contributed by atoms with van der Waals surface area (Å²) >= 11 is 0. The van der Waals surface area contributed by atoms with Crippen LogP contribution in [0.15, 0.2) is 24.5 Å². The quantitative estimate of drug-likeness (QED) is 0.574. The molecule has 1 heterocycles. The lowest BCUT2D eigenvalue weighted by Gasteiger charge is -2.60. The molecule has 1 aromatic heterocycles. The molecular formula is C26H38FNO. The van der Waals surface area contributed by atoms with Crippen molar-refractivity contribution in [2.45, 2.75) is 85.2 Å². The fraction of sp³-hybridized carbons (Fsp3) is 0.731. The van der Waals surface area contributed by atoms with Gasteiger partial charge in [0.05, 0.1) is 12.3 Å². The van der Waals surface area contributed by atoms with E-state index in [1.165, 1.54) is 43.9 Å². The summed E-state index contributed by atoms with van der Waals surface area (Å²) in [6, 6.07) is 1.67. The number of pyridine rings is 1. The molecule has 3 saturated carbocycles. The third-order valence-corrected chi connectivity index (χ3v) is 9.23. The molecule has 7 atom stereocenters. The zero-order chi connectivity index (χ0) is 20.8. The van der Waals surface area contributed by atoms with Gasteiger partial charge in [-0.3, -0.25) is 4.98 Å². The first kappa shape index (κ1) is 21.0. The van der Waals surface area contributed by atoms with Crippen LogP contribution in [0.5, 0.6) is 0 Å². The molecule has 0 saturated heterocycles. The maximum atomic E-state index is 13.8. The van der Waals surface area contributed by atoms with Crippen LogP contribution in [0.25, 0.3) is 5.57 Å². The SMILES string of the molecule is CC.CC12CCC3C(CCC4CC(O)CCC43C)C1CC=C2c1cncc(F)c1. The summed E-state index contributed by atoms with van der Waals surface area (Å²) in [5.74, 6) is 2.71. The second-order valence-corrected chi connectivity index (χ2v) is 10.3. The van der Waals surface area contributed by atoms with Gasteiger partial charge in [-0.15, -0.1) is 0 Å². The summed E-state index contributed by atoms with van der Waals surface area (Å²) in [6.45, 7) is 8.96. The molecular weight excluding hydrogens is 361 g/mol. The van der Waals surface area contributed by atoms with Crippen molar-refractivity contribution in [3.63, 3.8) is 0 Å². The Morgan fingerprint density at radius 2 is 1.83 bits per heavy atom. The van der Waals surface area contributed by atoms with E-state index in [2.05, 4.69) is 24.9 Å². The number of hydrogen-bond donors (Lipinski definition) is 1. The number of nitrogens with zero attached hydrogens (tertiary/aromatic N) is 1. The zero-order valence-corrected chi connectivity index (χ0v) is 18.6. The Kier molecular flexibility index (Phi) is 5.65. The van der Waals surface area contributed by atoms with Crippen LogP contribution in [0.3, 0.4) is 0 Å². The fourth-order valence-corrected chi connectivity index (χ4v) is 7.81. The van der Waals surface area contributed by atoms with Crippen molar-refractivity contribution in [3.8, 4) is 0 Å². The third-order valence-electron chi connectivity index (χ3n) is 9.23. The Morgan fingerprint density at radius 1 is 1.03 bits per heavy atom. The first-order valence-corrected chi connectivity index (χ1v) is 11.9. The molecule has 4 aliphatic carbocycles. The standard InChI is InChI=1S/C24H32FNO.C2H6/c1-23-9-7-18(27)12-16(23)3-4-19-21-6-5-20(15-11-17(25)14-26-13-15)24(21,2)10-8-22(19)23;1-2/h5,11,13-14,16,18-19,21-22,27H,3-4,6-10,12H2,1-2H3;1-2H3. The number of aliphatic hydroxyl groups excluding tert-OH is 1. The average molecular weight is 400 g/mol. The summed E-state index contributed by atoms with van der Waals surface area (Å²) in [5.41, 5.74) is 2.89. The van der Waals surface area contributed by atoms with Gasteiger partial charge < -0.3 is 5.11 Å². The monoisotopic (exact) mass is 399 g/mol. The minimum atomic E-state index is -0.233. The second kappa shape index (κ2) is 7.80. The summed E-state index contributed by atoms with van der Waals surface area (Å²) in [5, 5.41) is 10.2. The number of halogens is 1. The smallest absolute Gasteiger partial charge is 0.142 e. The normalized spacial score (nSPS) is 43.2. The molecule has 0 aliphatic heterocycles. The number of aromatic nitrogens is 1. The highest BCUT2D eigenvalue weighted by Crippen LogP contribution is 2.67. The molecule has 2 nitrogen and oxygen atoms in total. The molecule has 3 heteroatoms. The van der Waals surface area contributed by atoms with Crippen molar-refractivity contribution >= 4 is 5.57 Å². The highest BCUT2D eigenvalue weighted by molar-refractivity contribution is 5.72. The van der Waals surface area contributed by atoms with Crippen molar-refractivity contribution in [3.05, 3.63) is 35.9 Å². The van der Waals surface area contributed by atoms with Crippen LogP contribution in [-0.4, -0.2) is 16.2 Å². The Labute approximate surface area is 176 Å². The lowest BCUT2D eigenvalue weighted by Crippen LogP contribution is -2.53. The summed E-state index contributed by atoms with van der Waals surface area (Å²) < 4.78 is 13.8. The molecule has 0 bridgehead atoms. The van der Waals surface area contributed by atoms with Gasteiger partial charge in [0.2, 0.25) is 0 Å². The van der Waals surface area contributed by atoms with Crippen LogP contribution < -0.4 is 0 Å². The first-order valence-electron chi connectivity index (χ1n) is 11.9. The Morgan fingerprint density at radius 3 is 2.59 bits per heavy atom. The van der Waals surface area contributed by atoms with Gasteiger partial charge in [0, 0.05) is 6.20 Å². The van der Waals surface area contributed by atoms with E-state index < -0.39 is 0 Å². The van der Waals surface area contributed by atoms with Crippen LogP contribution in [0.4, 0.5) is 4.39 Å². The van der Waals surface area contributed by atoms with Crippen LogP contribution >= 0.6 is 0 Å². The number of rotatable bonds is 1. The molecule has 160 valence electrons. The minimum absolute atomic E-state index is 0.0753. The average Bonchev–Trinajstić information content (AvgIpc) is 3.07. The molecule has 0 radical (unpaired) electrons. The molecule has 1 aromatic rings. The van der Waals surface area contributed by atoms with E-state index in [-0.39, 0.29) is 17.3 Å². The highest BCUT2D eigenvalue weighted by atomic mass is 19.1. The summed E-state index contributed by atoms with van der Waals surface area (Å²) in [7, 11) is 0. The maximum Gasteiger partial charge on any atom is 0.142 e. The van der Waals surface area contributed by atoms with E-state index in [9.17, 15) is 9.50 Å². The van der Waals surface area contributed by atoms with Crippen LogP contribution in [0, 0.1) is 40.3 Å². The van der Waals surface area contributed by atoms with Crippen LogP contribution in [0.1, 0.15) is 84.6 Å². The molecule has 29 heavy (non-hydrogen) atoms. The molecule has 3 fully saturated rings. The zero-order valence-electron chi connectivity index (χ0n) is 18.6. The second-order valence-electron chi connectivity index (χ2n) is 10.3. The van der Waals surface area contributed by atoms with Crippen LogP contribution in [0.2, 0.25) is 0 Å². The molecule has 4 aliphatic rings. The van der Waals surface area contributed by atoms with E-state index in [4.69, 9.17) is 0 Å². The largest absolute Gasteiger partial charge is 0.393 e. The fourth-order valence-electron chi connectivity index (χ4n) is 7.81. The molecule has 0 aromatic carbocycles. The predicted octanol–water partition coefficient (Wildman–Crippen LogP) is 6.64. The van der Waals surface area contributed by atoms with Gasteiger partial charge in [-0.1, -0.05) is 33.8 Å². The summed E-state index contributed by atoms with van der Waals surface area (Å²) in [4.78, 5) is 4.11. The molecule has 5 rings (SSSR count). The van der Waals surface area contributed by atoms with Gasteiger partial charge in [0.15, 0.2) is 0 Å². The van der Waals surface area contributed by atoms with Gasteiger partial charge in [-0.25, -0.2) is 4.39 Å². The van der Waals surface area contributed by atoms with Gasteiger partial charge in [0.1, 0.15) is 5.82 Å². The lowest BCUT2D eigenvalue weighted by atomic mass is 9.44. The molecule has 7 unspecified atom stereocenters. The van der Waals surface area contributed by atoms with Gasteiger partial charge in [-0.2, -0.15) is 0 Å². The van der Waals surface area contributed by atoms with Crippen molar-refractivity contribution in [2.75, 3.05) is 0 Å². The minimum Gasteiger partial charge on any atom is -0.393 e. The van der Waals surface area contributed by atoms with E-state index in [1.807, 2.05) is 20.0 Å². The predicted molar refractivity (Wildman–Crippen MR) is 117 cm³/mol. The van der Waals surface area contributed by atoms with Gasteiger partial charge in [-0.05, 0) is 103 Å². The third kappa shape index (κ3) is 3.28. The topological polar surface area (TPSA) is 33.1 Å². The van der Waals surface area contributed by atoms with Crippen molar-refractivity contribution in [1.82, 2.24) is 4.98 Å². The highest BCUT2D eigenvalue weighted by Gasteiger charge is 2.58. The number of hydrogen-bond acceptors (Lipinski definition) is 2. The number of allylic oxidation sites excluding steroid dienone is 2. The van der Waals surface area contributed by atoms with E-state index in [1.54, 1.807) is 6.07 Å². The number of fused-ring (bicyclic) bond motifs is 5. The van der Waals surface area contributed by atoms with Crippen molar-refractivity contribution < 1.29 is 9.50 Å². The first-order chi connectivity index (χ1) is 13.9. The van der Waals surface area contributed by atoms with Crippen molar-refractivity contribution in [2.24, 2.45) is 34.5 Å².